The Morgan fingerprint density at radius 2 is 2.27 bits per heavy atom. The number of allylic oxidation sites excluding steroid dienone is 1. The van der Waals surface area contributed by atoms with Crippen LogP contribution in [0.4, 0.5) is 0 Å². The Labute approximate surface area is 134 Å². The van der Waals surface area contributed by atoms with Crippen LogP contribution in [0.2, 0.25) is 0 Å². The molecule has 0 spiro atoms. The summed E-state index contributed by atoms with van der Waals surface area (Å²) in [4.78, 5) is 14.8. The predicted octanol–water partition coefficient (Wildman–Crippen LogP) is 1.95. The van der Waals surface area contributed by atoms with E-state index in [0.29, 0.717) is 18.8 Å². The molecule has 0 aliphatic carbocycles. The fourth-order valence-electron chi connectivity index (χ4n) is 2.73. The molecule has 1 amide bonds. The highest BCUT2D eigenvalue weighted by atomic mass is 32.1. The van der Waals surface area contributed by atoms with Crippen molar-refractivity contribution in [3.63, 3.8) is 0 Å². The van der Waals surface area contributed by atoms with Gasteiger partial charge in [0.05, 0.1) is 23.4 Å². The first-order valence-electron chi connectivity index (χ1n) is 7.55. The highest BCUT2D eigenvalue weighted by molar-refractivity contribution is 7.17. The molecule has 1 N–H and O–H groups in total. The zero-order valence-electron chi connectivity index (χ0n) is 12.6. The standard InChI is InChI=1S/C16H21N3O2S/c1-2-5-19-13-3-11-22-15(13)12-14(19)16(20)17-4-6-18-7-9-21-10-8-18/h2-3,11-12H,1,4-10H2,(H,17,20). The third-order valence-corrected chi connectivity index (χ3v) is 4.74. The summed E-state index contributed by atoms with van der Waals surface area (Å²) in [7, 11) is 0. The van der Waals surface area contributed by atoms with Crippen molar-refractivity contribution in [2.75, 3.05) is 39.4 Å². The van der Waals surface area contributed by atoms with Crippen LogP contribution < -0.4 is 5.32 Å². The average molecular weight is 319 g/mol. The Kier molecular flexibility index (Phi) is 4.92. The van der Waals surface area contributed by atoms with Gasteiger partial charge in [-0.3, -0.25) is 9.69 Å². The molecule has 0 unspecified atom stereocenters. The third-order valence-electron chi connectivity index (χ3n) is 3.88. The number of carbonyl (C=O) groups is 1. The third kappa shape index (κ3) is 3.24. The molecular weight excluding hydrogens is 298 g/mol. The highest BCUT2D eigenvalue weighted by Gasteiger charge is 2.16. The number of nitrogens with zero attached hydrogens (tertiary/aromatic N) is 2. The van der Waals surface area contributed by atoms with Crippen molar-refractivity contribution in [2.45, 2.75) is 6.54 Å². The van der Waals surface area contributed by atoms with Gasteiger partial charge in [0.25, 0.3) is 5.91 Å². The van der Waals surface area contributed by atoms with Crippen molar-refractivity contribution in [3.05, 3.63) is 35.9 Å². The predicted molar refractivity (Wildman–Crippen MR) is 89.6 cm³/mol. The number of amides is 1. The number of morpholine rings is 1. The fraction of sp³-hybridized carbons (Fsp3) is 0.438. The van der Waals surface area contributed by atoms with Gasteiger partial charge < -0.3 is 14.6 Å². The summed E-state index contributed by atoms with van der Waals surface area (Å²) < 4.78 is 8.48. The molecule has 1 aliphatic heterocycles. The molecule has 1 saturated heterocycles. The maximum Gasteiger partial charge on any atom is 0.268 e. The molecular formula is C16H21N3O2S. The topological polar surface area (TPSA) is 46.5 Å². The van der Waals surface area contributed by atoms with E-state index in [0.717, 1.165) is 43.1 Å². The first-order valence-corrected chi connectivity index (χ1v) is 8.43. The number of fused-ring (bicyclic) bond motifs is 1. The van der Waals surface area contributed by atoms with Gasteiger partial charge in [-0.05, 0) is 17.5 Å². The Balaban J connectivity index is 1.62. The van der Waals surface area contributed by atoms with Crippen LogP contribution in [0.3, 0.4) is 0 Å². The molecule has 0 atom stereocenters. The minimum atomic E-state index is -0.0153. The van der Waals surface area contributed by atoms with Crippen LogP contribution >= 0.6 is 11.3 Å². The van der Waals surface area contributed by atoms with E-state index in [1.807, 2.05) is 28.2 Å². The summed E-state index contributed by atoms with van der Waals surface area (Å²) in [5.41, 5.74) is 1.81. The minimum Gasteiger partial charge on any atom is -0.379 e. The summed E-state index contributed by atoms with van der Waals surface area (Å²) in [6, 6.07) is 4.02. The van der Waals surface area contributed by atoms with Crippen LogP contribution in [-0.2, 0) is 11.3 Å². The molecule has 118 valence electrons. The molecule has 0 radical (unpaired) electrons. The lowest BCUT2D eigenvalue weighted by atomic mass is 10.3. The second kappa shape index (κ2) is 7.09. The Morgan fingerprint density at radius 1 is 1.45 bits per heavy atom. The van der Waals surface area contributed by atoms with Crippen LogP contribution in [-0.4, -0.2) is 54.8 Å². The number of aromatic nitrogens is 1. The maximum atomic E-state index is 12.4. The number of carbonyl (C=O) groups excluding carboxylic acids is 1. The Morgan fingerprint density at radius 3 is 3.05 bits per heavy atom. The van der Waals surface area contributed by atoms with Gasteiger partial charge in [0.1, 0.15) is 5.69 Å². The molecule has 3 heterocycles. The molecule has 1 aliphatic rings. The molecule has 1 fully saturated rings. The van der Waals surface area contributed by atoms with Crippen LogP contribution in [0.25, 0.3) is 10.2 Å². The summed E-state index contributed by atoms with van der Waals surface area (Å²) in [6.07, 6.45) is 1.82. The zero-order valence-corrected chi connectivity index (χ0v) is 13.4. The number of hydrogen-bond acceptors (Lipinski definition) is 4. The van der Waals surface area contributed by atoms with Gasteiger partial charge in [0, 0.05) is 32.7 Å². The lowest BCUT2D eigenvalue weighted by Crippen LogP contribution is -2.41. The number of rotatable bonds is 6. The van der Waals surface area contributed by atoms with E-state index in [-0.39, 0.29) is 5.91 Å². The quantitative estimate of drug-likeness (QED) is 0.828. The summed E-state index contributed by atoms with van der Waals surface area (Å²) in [6.45, 7) is 9.41. The molecule has 0 aromatic carbocycles. The van der Waals surface area contributed by atoms with Gasteiger partial charge in [0.2, 0.25) is 0 Å². The van der Waals surface area contributed by atoms with Crippen molar-refractivity contribution in [1.82, 2.24) is 14.8 Å². The second-order valence-electron chi connectivity index (χ2n) is 5.31. The monoisotopic (exact) mass is 319 g/mol. The molecule has 0 saturated carbocycles. The largest absolute Gasteiger partial charge is 0.379 e. The van der Waals surface area contributed by atoms with Crippen molar-refractivity contribution >= 4 is 27.5 Å². The number of thiophene rings is 1. The molecule has 6 heteroatoms. The van der Waals surface area contributed by atoms with Crippen LogP contribution in [0.1, 0.15) is 10.5 Å². The van der Waals surface area contributed by atoms with Gasteiger partial charge in [-0.2, -0.15) is 0 Å². The van der Waals surface area contributed by atoms with E-state index in [2.05, 4.69) is 16.8 Å². The van der Waals surface area contributed by atoms with E-state index >= 15 is 0 Å². The molecule has 3 rings (SSSR count). The Bertz CT molecular complexity index is 655. The normalized spacial score (nSPS) is 16.0. The first-order chi connectivity index (χ1) is 10.8. The Hall–Kier alpha value is -1.63. The van der Waals surface area contributed by atoms with Crippen molar-refractivity contribution < 1.29 is 9.53 Å². The minimum absolute atomic E-state index is 0.0153. The van der Waals surface area contributed by atoms with Crippen LogP contribution in [0.5, 0.6) is 0 Å². The van der Waals surface area contributed by atoms with Crippen molar-refractivity contribution in [3.8, 4) is 0 Å². The van der Waals surface area contributed by atoms with E-state index in [4.69, 9.17) is 4.74 Å². The molecule has 2 aromatic heterocycles. The van der Waals surface area contributed by atoms with E-state index in [1.54, 1.807) is 11.3 Å². The van der Waals surface area contributed by atoms with E-state index < -0.39 is 0 Å². The zero-order chi connectivity index (χ0) is 15.4. The molecule has 22 heavy (non-hydrogen) atoms. The van der Waals surface area contributed by atoms with Gasteiger partial charge in [-0.25, -0.2) is 0 Å². The first kappa shape index (κ1) is 15.3. The van der Waals surface area contributed by atoms with Crippen molar-refractivity contribution in [1.29, 1.82) is 0 Å². The molecule has 0 bridgehead atoms. The number of ether oxygens (including phenoxy) is 1. The lowest BCUT2D eigenvalue weighted by Gasteiger charge is -2.26. The van der Waals surface area contributed by atoms with E-state index in [1.165, 1.54) is 0 Å². The molecule has 2 aromatic rings. The number of hydrogen-bond donors (Lipinski definition) is 1. The highest BCUT2D eigenvalue weighted by Crippen LogP contribution is 2.25. The lowest BCUT2D eigenvalue weighted by molar-refractivity contribution is 0.0383. The average Bonchev–Trinajstić information content (AvgIpc) is 3.11. The van der Waals surface area contributed by atoms with Gasteiger partial charge >= 0.3 is 0 Å². The number of nitrogens with one attached hydrogen (secondary N) is 1. The van der Waals surface area contributed by atoms with E-state index in [9.17, 15) is 4.79 Å². The summed E-state index contributed by atoms with van der Waals surface area (Å²) in [5, 5.41) is 5.07. The smallest absolute Gasteiger partial charge is 0.268 e. The SMILES string of the molecule is C=CCn1c(C(=O)NCCN2CCOCC2)cc2sccc21. The molecule has 5 nitrogen and oxygen atoms in total. The summed E-state index contributed by atoms with van der Waals surface area (Å²) in [5.74, 6) is -0.0153. The summed E-state index contributed by atoms with van der Waals surface area (Å²) >= 11 is 1.65. The van der Waals surface area contributed by atoms with Crippen LogP contribution in [0, 0.1) is 0 Å². The maximum absolute atomic E-state index is 12.4. The van der Waals surface area contributed by atoms with Crippen LogP contribution in [0.15, 0.2) is 30.2 Å². The fourth-order valence-corrected chi connectivity index (χ4v) is 3.56. The van der Waals surface area contributed by atoms with Gasteiger partial charge in [-0.15, -0.1) is 17.9 Å². The van der Waals surface area contributed by atoms with Gasteiger partial charge in [0.15, 0.2) is 0 Å². The second-order valence-corrected chi connectivity index (χ2v) is 6.26. The van der Waals surface area contributed by atoms with Gasteiger partial charge in [-0.1, -0.05) is 6.08 Å². The van der Waals surface area contributed by atoms with Crippen molar-refractivity contribution in [2.24, 2.45) is 0 Å².